The lowest BCUT2D eigenvalue weighted by atomic mass is 9.91. The molecule has 2 nitrogen and oxygen atoms in total. The molecule has 0 aliphatic carbocycles. The minimum atomic E-state index is -8.91. The van der Waals surface area contributed by atoms with Gasteiger partial charge in [0, 0.05) is 0 Å². The zero-order valence-corrected chi connectivity index (χ0v) is 26.2. The molecule has 0 aliphatic heterocycles. The van der Waals surface area contributed by atoms with Gasteiger partial charge in [0.15, 0.2) is 0 Å². The van der Waals surface area contributed by atoms with Crippen LogP contribution in [0.2, 0.25) is 0 Å². The highest BCUT2D eigenvalue weighted by Crippen LogP contribution is 2.65. The summed E-state index contributed by atoms with van der Waals surface area (Å²) in [4.78, 5) is 0. The number of unbranched alkanes of at least 4 members (excludes halogenated alkanes) is 2. The fraction of sp³-hybridized carbons (Fsp3) is 0.826. The van der Waals surface area contributed by atoms with E-state index in [1.165, 1.54) is 0 Å². The molecule has 0 radical (unpaired) electrons. The zero-order valence-electron chi connectivity index (χ0n) is 26.2. The number of rotatable bonds is 20. The minimum absolute atomic E-state index is 1.09. The summed E-state index contributed by atoms with van der Waals surface area (Å²) >= 11 is 0. The lowest BCUT2D eigenvalue weighted by Crippen LogP contribution is -2.72. The molecule has 0 rings (SSSR count). The summed E-state index contributed by atoms with van der Waals surface area (Å²) in [6.45, 7) is -3.72. The van der Waals surface area contributed by atoms with E-state index in [1.54, 1.807) is 0 Å². The van der Waals surface area contributed by atoms with Gasteiger partial charge in [-0.15, -0.1) is 0 Å². The van der Waals surface area contributed by atoms with E-state index in [0.29, 0.717) is 0 Å². The van der Waals surface area contributed by atoms with Gasteiger partial charge in [-0.1, -0.05) is 0 Å². The van der Waals surface area contributed by atoms with E-state index in [4.69, 9.17) is 0 Å². The lowest BCUT2D eigenvalue weighted by Gasteiger charge is -2.41. The normalized spacial score (nSPS) is 16.8. The Morgan fingerprint density at radius 2 is 0.441 bits per heavy atom. The van der Waals surface area contributed by atoms with E-state index in [-0.39, 0.29) is 0 Å². The average molecular weight is 964 g/mol. The van der Waals surface area contributed by atoms with Crippen molar-refractivity contribution in [2.75, 3.05) is 13.2 Å². The fourth-order valence-corrected chi connectivity index (χ4v) is 3.29. The molecule has 352 valence electrons. The van der Waals surface area contributed by atoms with Crippen LogP contribution < -0.4 is 0 Å². The molecule has 0 aromatic carbocycles. The molecule has 0 unspecified atom stereocenters. The first-order valence-electron chi connectivity index (χ1n) is 13.4. The highest BCUT2D eigenvalue weighted by molar-refractivity contribution is 5.21. The molecule has 0 amide bonds. The van der Waals surface area contributed by atoms with E-state index < -0.39 is 140 Å². The number of alkyl halides is 30. The quantitative estimate of drug-likeness (QED) is 0.0688. The largest absolute Gasteiger partial charge is 0.469 e. The number of ether oxygens (including phenoxy) is 2. The van der Waals surface area contributed by atoms with Crippen LogP contribution in [-0.2, 0) is 9.47 Å². The van der Waals surface area contributed by atoms with Gasteiger partial charge in [-0.2, -0.15) is 149 Å². The Labute approximate surface area is 299 Å². The molecule has 0 spiro atoms. The minimum Gasteiger partial charge on any atom is -0.469 e. The Morgan fingerprint density at radius 3 is 0.644 bits per heavy atom. The average Bonchev–Trinajstić information content (AvgIpc) is 3.04. The van der Waals surface area contributed by atoms with Crippen LogP contribution in [0.4, 0.5) is 149 Å². The van der Waals surface area contributed by atoms with Gasteiger partial charge in [-0.25, -0.2) is 0 Å². The second kappa shape index (κ2) is 15.9. The third-order valence-electron chi connectivity index (χ3n) is 6.80. The van der Waals surface area contributed by atoms with Gasteiger partial charge in [0.1, 0.15) is 0 Å². The third-order valence-corrected chi connectivity index (χ3v) is 6.80. The molecule has 0 aliphatic rings. The van der Waals surface area contributed by atoms with Gasteiger partial charge in [0.2, 0.25) is 11.7 Å². The maximum atomic E-state index is 13.7. The summed E-state index contributed by atoms with van der Waals surface area (Å²) in [6, 6.07) is -7.86. The van der Waals surface area contributed by atoms with Crippen molar-refractivity contribution in [1.82, 2.24) is 0 Å². The van der Waals surface area contributed by atoms with Crippen LogP contribution in [0.3, 0.4) is 0 Å². The summed E-state index contributed by atoms with van der Waals surface area (Å²) < 4.78 is 454. The van der Waals surface area contributed by atoms with Crippen molar-refractivity contribution in [3.8, 4) is 0 Å². The van der Waals surface area contributed by atoms with Crippen LogP contribution in [-0.4, -0.2) is 96.6 Å². The molecule has 0 bridgehead atoms. The number of allylic oxidation sites excluding steroid dienone is 2. The number of halogens is 34. The van der Waals surface area contributed by atoms with Crippen LogP contribution in [0.25, 0.3) is 0 Å². The summed E-state index contributed by atoms with van der Waals surface area (Å²) in [5.74, 6) is -113. The molecule has 0 saturated heterocycles. The van der Waals surface area contributed by atoms with Gasteiger partial charge in [0.05, 0.1) is 13.2 Å². The maximum absolute atomic E-state index is 13.7. The summed E-state index contributed by atoms with van der Waals surface area (Å²) in [7, 11) is 0. The highest BCUT2D eigenvalue weighted by Gasteiger charge is 2.95. The van der Waals surface area contributed by atoms with Gasteiger partial charge in [-0.05, 0) is 19.3 Å². The van der Waals surface area contributed by atoms with Crippen molar-refractivity contribution < 1.29 is 159 Å². The van der Waals surface area contributed by atoms with Gasteiger partial charge in [0.25, 0.3) is 0 Å². The maximum Gasteiger partial charge on any atom is 0.460 e. The monoisotopic (exact) mass is 964 g/mol. The second-order valence-corrected chi connectivity index (χ2v) is 10.8. The molecule has 0 aromatic rings. The molecule has 0 saturated carbocycles. The van der Waals surface area contributed by atoms with Crippen LogP contribution in [0.15, 0.2) is 23.7 Å². The Kier molecular flexibility index (Phi) is 15.0. The standard InChI is InChI=1S/C23H10F34O2/c24-6(10(28,29)12(32,33)14(36,37)16(40,41)18(44,45)20(48,49)22(52,53)54)8(26)58-4-2-1-3-5-59-9(27)7(25)11(30,31)13(34,35)15(38,39)17(42,43)19(46,47)21(50,51)23(55,56)57/h1-5H2. The van der Waals surface area contributed by atoms with Crippen molar-refractivity contribution in [1.29, 1.82) is 0 Å². The van der Waals surface area contributed by atoms with Crippen LogP contribution in [0, 0.1) is 0 Å². The van der Waals surface area contributed by atoms with Crippen molar-refractivity contribution in [3.63, 3.8) is 0 Å². The van der Waals surface area contributed by atoms with Crippen molar-refractivity contribution in [2.24, 2.45) is 0 Å². The predicted octanol–water partition coefficient (Wildman–Crippen LogP) is 13.2. The molecule has 0 N–H and O–H groups in total. The van der Waals surface area contributed by atoms with Crippen molar-refractivity contribution in [2.45, 2.75) is 103 Å². The summed E-state index contributed by atoms with van der Waals surface area (Å²) in [5.41, 5.74) is 0. The van der Waals surface area contributed by atoms with Crippen LogP contribution in [0.1, 0.15) is 19.3 Å². The smallest absolute Gasteiger partial charge is 0.460 e. The van der Waals surface area contributed by atoms with Crippen LogP contribution in [0.5, 0.6) is 0 Å². The molecule has 0 heterocycles. The molecule has 0 aromatic heterocycles. The molecule has 0 fully saturated rings. The SMILES string of the molecule is FC(OCCCCCOC(F)=C(F)C(F)(F)C(F)(F)C(F)(F)C(F)(F)C(F)(F)C(F)(F)C(F)(F)F)=C(F)C(F)(F)C(F)(F)C(F)(F)C(F)(F)C(F)(F)C(F)(F)C(F)(F)F. The van der Waals surface area contributed by atoms with E-state index >= 15 is 0 Å². The predicted molar refractivity (Wildman–Crippen MR) is 116 cm³/mol. The van der Waals surface area contributed by atoms with E-state index in [2.05, 4.69) is 9.47 Å². The Bertz CT molecular complexity index is 1410. The van der Waals surface area contributed by atoms with E-state index in [9.17, 15) is 149 Å². The van der Waals surface area contributed by atoms with E-state index in [1.807, 2.05) is 0 Å². The number of hydrogen-bond donors (Lipinski definition) is 0. The first kappa shape index (κ1) is 55.7. The molecular weight excluding hydrogens is 954 g/mol. The number of hydrogen-bond acceptors (Lipinski definition) is 2. The highest BCUT2D eigenvalue weighted by atomic mass is 19.4. The van der Waals surface area contributed by atoms with Gasteiger partial charge in [-0.3, -0.25) is 0 Å². The fourth-order valence-electron chi connectivity index (χ4n) is 3.29. The Morgan fingerprint density at radius 1 is 0.254 bits per heavy atom. The molecule has 59 heavy (non-hydrogen) atoms. The third kappa shape index (κ3) is 8.37. The Balaban J connectivity index is 5.96. The lowest BCUT2D eigenvalue weighted by molar-refractivity contribution is -0.451. The molecule has 36 heteroatoms. The molecule has 0 atom stereocenters. The van der Waals surface area contributed by atoms with E-state index in [0.717, 1.165) is 0 Å². The zero-order chi connectivity index (χ0) is 48.3. The summed E-state index contributed by atoms with van der Waals surface area (Å²) in [5, 5.41) is 0. The van der Waals surface area contributed by atoms with Crippen molar-refractivity contribution in [3.05, 3.63) is 23.7 Å². The Hall–Kier alpha value is -3.30. The first-order chi connectivity index (χ1) is 25.4. The summed E-state index contributed by atoms with van der Waals surface area (Å²) in [6.07, 6.45) is -19.6. The van der Waals surface area contributed by atoms with Gasteiger partial charge < -0.3 is 9.47 Å². The van der Waals surface area contributed by atoms with Crippen molar-refractivity contribution >= 4 is 0 Å². The topological polar surface area (TPSA) is 18.5 Å². The first-order valence-corrected chi connectivity index (χ1v) is 13.4. The van der Waals surface area contributed by atoms with Crippen LogP contribution >= 0.6 is 0 Å². The molecular formula is C23H10F34O2. The van der Waals surface area contributed by atoms with Gasteiger partial charge >= 0.3 is 95.4 Å². The second-order valence-electron chi connectivity index (χ2n) is 10.8.